The fourth-order valence-corrected chi connectivity index (χ4v) is 6.01. The molecule has 0 N–H and O–H groups in total. The molecule has 0 aliphatic carbocycles. The van der Waals surface area contributed by atoms with Gasteiger partial charge in [0.25, 0.3) is 0 Å². The molecule has 1 heterocycles. The molecule has 1 aliphatic rings. The second kappa shape index (κ2) is 5.46. The second-order valence-electron chi connectivity index (χ2n) is 4.45. The van der Waals surface area contributed by atoms with E-state index in [2.05, 4.69) is 0 Å². The largest absolute Gasteiger partial charge is 0.246 e. The number of nitrogens with zero attached hydrogens (tertiary/aromatic N) is 1. The van der Waals surface area contributed by atoms with Crippen molar-refractivity contribution in [2.75, 3.05) is 18.8 Å². The van der Waals surface area contributed by atoms with Gasteiger partial charge in [-0.1, -0.05) is 36.2 Å². The lowest BCUT2D eigenvalue weighted by molar-refractivity contribution is 0.310. The Hall–Kier alpha value is -0.340. The Morgan fingerprint density at radius 3 is 2.10 bits per heavy atom. The van der Waals surface area contributed by atoms with Crippen LogP contribution in [0, 0.1) is 0 Å². The molecule has 0 spiro atoms. The van der Waals surface area contributed by atoms with E-state index in [9.17, 15) is 16.8 Å². The summed E-state index contributed by atoms with van der Waals surface area (Å²) in [5.41, 5.74) is 0. The monoisotopic (exact) mass is 357 g/mol. The molecule has 0 amide bonds. The van der Waals surface area contributed by atoms with Crippen molar-refractivity contribution in [2.24, 2.45) is 0 Å². The Bertz CT molecular complexity index is 705. The number of hydrogen-bond acceptors (Lipinski definition) is 4. The van der Waals surface area contributed by atoms with Crippen molar-refractivity contribution in [1.29, 1.82) is 0 Å². The maximum absolute atomic E-state index is 12.4. The van der Waals surface area contributed by atoms with E-state index in [0.29, 0.717) is 0 Å². The van der Waals surface area contributed by atoms with Gasteiger partial charge in [-0.25, -0.2) is 16.8 Å². The van der Waals surface area contributed by atoms with E-state index in [1.165, 1.54) is 19.1 Å². The van der Waals surface area contributed by atoms with Gasteiger partial charge < -0.3 is 0 Å². The van der Waals surface area contributed by atoms with E-state index >= 15 is 0 Å². The first-order valence-electron chi connectivity index (χ1n) is 5.86. The minimum absolute atomic E-state index is 0.00158. The van der Waals surface area contributed by atoms with Gasteiger partial charge in [-0.05, 0) is 12.1 Å². The topological polar surface area (TPSA) is 71.5 Å². The summed E-state index contributed by atoms with van der Waals surface area (Å²) in [4.78, 5) is -0.171. The Labute approximate surface area is 128 Å². The van der Waals surface area contributed by atoms with Crippen molar-refractivity contribution in [3.63, 3.8) is 0 Å². The molecule has 0 unspecified atom stereocenters. The molecular weight excluding hydrogens is 345 g/mol. The van der Waals surface area contributed by atoms with Crippen molar-refractivity contribution in [3.8, 4) is 0 Å². The fourth-order valence-electron chi connectivity index (χ4n) is 1.92. The molecule has 1 fully saturated rings. The number of rotatable bonds is 4. The average Bonchev–Trinajstić information content (AvgIpc) is 2.25. The summed E-state index contributed by atoms with van der Waals surface area (Å²) in [6.07, 6.45) is 0. The fraction of sp³-hybridized carbons (Fsp3) is 0.455. The lowest BCUT2D eigenvalue weighted by atomic mass is 10.3. The van der Waals surface area contributed by atoms with Crippen LogP contribution in [0.15, 0.2) is 23.1 Å². The van der Waals surface area contributed by atoms with Crippen LogP contribution in [0.25, 0.3) is 0 Å². The molecule has 1 aliphatic heterocycles. The predicted octanol–water partition coefficient (Wildman–Crippen LogP) is 1.80. The normalized spacial score (nSPS) is 17.9. The molecule has 0 saturated carbocycles. The highest BCUT2D eigenvalue weighted by atomic mass is 35.5. The van der Waals surface area contributed by atoms with E-state index in [-0.39, 0.29) is 33.8 Å². The molecule has 1 aromatic rings. The molecule has 112 valence electrons. The van der Waals surface area contributed by atoms with Gasteiger partial charge in [-0.2, -0.15) is 4.31 Å². The molecule has 20 heavy (non-hydrogen) atoms. The highest BCUT2D eigenvalue weighted by Gasteiger charge is 2.43. The van der Waals surface area contributed by atoms with Crippen LogP contribution in [0.5, 0.6) is 0 Å². The number of benzene rings is 1. The van der Waals surface area contributed by atoms with Crippen LogP contribution in [-0.2, 0) is 19.9 Å². The number of sulfonamides is 1. The molecule has 1 aromatic carbocycles. The van der Waals surface area contributed by atoms with Gasteiger partial charge in [-0.15, -0.1) is 0 Å². The summed E-state index contributed by atoms with van der Waals surface area (Å²) in [7, 11) is -7.09. The third-order valence-corrected chi connectivity index (χ3v) is 8.15. The maximum Gasteiger partial charge on any atom is 0.246 e. The van der Waals surface area contributed by atoms with Gasteiger partial charge in [0.05, 0.1) is 15.3 Å². The second-order valence-corrected chi connectivity index (χ2v) is 9.71. The van der Waals surface area contributed by atoms with E-state index in [1.54, 1.807) is 6.07 Å². The van der Waals surface area contributed by atoms with Crippen molar-refractivity contribution < 1.29 is 16.8 Å². The van der Waals surface area contributed by atoms with Crippen LogP contribution in [0.2, 0.25) is 10.0 Å². The summed E-state index contributed by atoms with van der Waals surface area (Å²) in [5.74, 6) is -0.00158. The average molecular weight is 358 g/mol. The van der Waals surface area contributed by atoms with Gasteiger partial charge in [0.2, 0.25) is 10.0 Å². The van der Waals surface area contributed by atoms with Crippen LogP contribution in [0.3, 0.4) is 0 Å². The van der Waals surface area contributed by atoms with Crippen molar-refractivity contribution in [3.05, 3.63) is 28.2 Å². The van der Waals surface area contributed by atoms with Crippen LogP contribution >= 0.6 is 23.2 Å². The van der Waals surface area contributed by atoms with Gasteiger partial charge in [0.15, 0.2) is 9.84 Å². The standard InChI is InChI=1S/C11H13Cl2NO4S2/c1-2-19(15,16)8-6-14(7-8)20(17,18)11-9(12)4-3-5-10(11)13/h3-5,8H,2,6-7H2,1H3. The zero-order chi connectivity index (χ0) is 15.1. The molecule has 2 rings (SSSR count). The molecule has 5 nitrogen and oxygen atoms in total. The zero-order valence-electron chi connectivity index (χ0n) is 10.6. The maximum atomic E-state index is 12.4. The van der Waals surface area contributed by atoms with Crippen molar-refractivity contribution in [2.45, 2.75) is 17.1 Å². The van der Waals surface area contributed by atoms with E-state index in [4.69, 9.17) is 23.2 Å². The summed E-state index contributed by atoms with van der Waals surface area (Å²) < 4.78 is 49.1. The summed E-state index contributed by atoms with van der Waals surface area (Å²) >= 11 is 11.8. The van der Waals surface area contributed by atoms with Crippen LogP contribution in [0.1, 0.15) is 6.92 Å². The predicted molar refractivity (Wildman–Crippen MR) is 78.5 cm³/mol. The summed E-state index contributed by atoms with van der Waals surface area (Å²) in [5, 5.41) is -0.595. The quantitative estimate of drug-likeness (QED) is 0.823. The lowest BCUT2D eigenvalue weighted by Gasteiger charge is -2.37. The van der Waals surface area contributed by atoms with E-state index in [0.717, 1.165) is 4.31 Å². The van der Waals surface area contributed by atoms with Crippen LogP contribution < -0.4 is 0 Å². The number of halogens is 2. The Balaban J connectivity index is 2.28. The Morgan fingerprint density at radius 1 is 1.15 bits per heavy atom. The highest BCUT2D eigenvalue weighted by molar-refractivity contribution is 7.92. The molecule has 0 radical (unpaired) electrons. The molecule has 0 bridgehead atoms. The molecule has 0 atom stereocenters. The van der Waals surface area contributed by atoms with Gasteiger partial charge in [0.1, 0.15) is 4.90 Å². The van der Waals surface area contributed by atoms with E-state index < -0.39 is 25.1 Å². The third kappa shape index (κ3) is 2.69. The molecule has 0 aromatic heterocycles. The van der Waals surface area contributed by atoms with Crippen LogP contribution in [-0.4, -0.2) is 45.2 Å². The van der Waals surface area contributed by atoms with Crippen molar-refractivity contribution >= 4 is 43.1 Å². The first-order chi connectivity index (χ1) is 9.20. The van der Waals surface area contributed by atoms with E-state index in [1.807, 2.05) is 0 Å². The van der Waals surface area contributed by atoms with Crippen molar-refractivity contribution in [1.82, 2.24) is 4.31 Å². The number of hydrogen-bond donors (Lipinski definition) is 0. The Kier molecular flexibility index (Phi) is 4.37. The van der Waals surface area contributed by atoms with Crippen LogP contribution in [0.4, 0.5) is 0 Å². The van der Waals surface area contributed by atoms with Gasteiger partial charge in [-0.3, -0.25) is 0 Å². The molecule has 9 heteroatoms. The lowest BCUT2D eigenvalue weighted by Crippen LogP contribution is -2.57. The zero-order valence-corrected chi connectivity index (χ0v) is 13.7. The minimum atomic E-state index is -3.86. The minimum Gasteiger partial charge on any atom is -0.228 e. The summed E-state index contributed by atoms with van der Waals surface area (Å²) in [6, 6.07) is 4.41. The smallest absolute Gasteiger partial charge is 0.228 e. The first kappa shape index (κ1) is 16.0. The SMILES string of the molecule is CCS(=O)(=O)C1CN(S(=O)(=O)c2c(Cl)cccc2Cl)C1. The Morgan fingerprint density at radius 2 is 1.65 bits per heavy atom. The molecule has 1 saturated heterocycles. The van der Waals surface area contributed by atoms with Gasteiger partial charge >= 0.3 is 0 Å². The highest BCUT2D eigenvalue weighted by Crippen LogP contribution is 2.34. The number of sulfone groups is 1. The van der Waals surface area contributed by atoms with Gasteiger partial charge in [0, 0.05) is 18.8 Å². The third-order valence-electron chi connectivity index (χ3n) is 3.24. The first-order valence-corrected chi connectivity index (χ1v) is 9.77. The molecular formula is C11H13Cl2NO4S2. The summed E-state index contributed by atoms with van der Waals surface area (Å²) in [6.45, 7) is 1.43.